The van der Waals surface area contributed by atoms with Crippen LogP contribution in [-0.2, 0) is 38.2 Å². The van der Waals surface area contributed by atoms with Gasteiger partial charge < -0.3 is 47.5 Å². The van der Waals surface area contributed by atoms with Crippen LogP contribution in [0.25, 0.3) is 11.1 Å². The monoisotopic (exact) mass is 1310 g/mol. The molecule has 0 saturated heterocycles. The number of Topliss-reactive ketones (excluding diaryl/α,β-unsaturated/α-hetero) is 4. The van der Waals surface area contributed by atoms with Crippen LogP contribution in [0.4, 0.5) is 18.4 Å². The van der Waals surface area contributed by atoms with Gasteiger partial charge in [0.1, 0.15) is 35.2 Å². The lowest BCUT2D eigenvalue weighted by Gasteiger charge is -2.29. The molecule has 95 heavy (non-hydrogen) atoms. The number of fused-ring (bicyclic) bond motifs is 4. The van der Waals surface area contributed by atoms with Gasteiger partial charge in [-0.1, -0.05) is 149 Å². The third kappa shape index (κ3) is 22.2. The number of ketones is 4. The van der Waals surface area contributed by atoms with Crippen molar-refractivity contribution >= 4 is 58.3 Å². The van der Waals surface area contributed by atoms with Crippen molar-refractivity contribution < 1.29 is 66.8 Å². The number of carbonyl (C=O) groups excluding carboxylic acids is 8. The van der Waals surface area contributed by atoms with E-state index in [4.69, 9.17) is 26.7 Å². The molecule has 0 radical (unpaired) electrons. The number of unbranched alkanes of at least 4 members (excludes halogenated alkanes) is 1. The Balaban J connectivity index is 0.000000383. The van der Waals surface area contributed by atoms with Crippen molar-refractivity contribution in [3.8, 4) is 0 Å². The van der Waals surface area contributed by atoms with Gasteiger partial charge in [0.15, 0.2) is 11.6 Å². The zero-order valence-corrected chi connectivity index (χ0v) is 58.0. The van der Waals surface area contributed by atoms with Gasteiger partial charge in [0.2, 0.25) is 11.6 Å². The van der Waals surface area contributed by atoms with Crippen molar-refractivity contribution in [3.63, 3.8) is 0 Å². The number of rotatable bonds is 8. The predicted octanol–water partition coefficient (Wildman–Crippen LogP) is 13.0. The number of nitrogens with one attached hydrogen (secondary N) is 2. The molecule has 0 fully saturated rings. The van der Waals surface area contributed by atoms with Crippen molar-refractivity contribution in [2.75, 3.05) is 6.54 Å². The number of primary amides is 2. The standard InChI is InChI=1S/C38H49FN2O6.C35H43FN2O6.C3H9N/c1-8-9-13-29-30-19-21(2)18-24(5)33(42)25(6)20-26(7)36(47-38(40)46)22(3)11-10-12-23(4)37(45)41-32(35(30)44)31(34(29)43)27-14-16-28(39)17-15-27;1-18-15-21(4)30(39)22(5)17-23(6)33(44-35(37)43)19(2)9-8-10-20(3)34(42)38-29-28(25-11-13-26(36)14-12-25)31(40)24(7)27(16-18)32(29)41;1-2-3-4/h10-12,14-17,20-22,24-25,33,36,42H,8-9,13,18-19H2,1-7H3,(H2,40,46)(H,41,45);8-14,17-19,21-22,30,33,39H,15-16H2,1-7H3,(H2,37,43)(H,38,42);2-4H2,1H3/b11-10-,23-12+,26-20+;9-8-,20-10+,23-17+;/t21-,22-,24-,25-,33-,36+;18-,19-,21-,22-,30-,33+;/m00./s1. The van der Waals surface area contributed by atoms with Gasteiger partial charge in [0.05, 0.1) is 23.4 Å². The summed E-state index contributed by atoms with van der Waals surface area (Å²) in [5.41, 5.74) is 19.5. The minimum absolute atomic E-state index is 0.00529. The fraction of sp³-hybridized carbons (Fsp3) is 0.474. The van der Waals surface area contributed by atoms with E-state index in [0.29, 0.717) is 53.5 Å². The van der Waals surface area contributed by atoms with Crippen LogP contribution in [0.3, 0.4) is 0 Å². The Bertz CT molecular complexity index is 3470. The summed E-state index contributed by atoms with van der Waals surface area (Å²) in [5.74, 6) is -5.63. The van der Waals surface area contributed by atoms with Gasteiger partial charge in [0, 0.05) is 57.1 Å². The number of aliphatic hydroxyl groups excluding tert-OH is 2. The molecule has 10 N–H and O–H groups in total. The first-order valence-electron chi connectivity index (χ1n) is 33.0. The van der Waals surface area contributed by atoms with Gasteiger partial charge in [-0.2, -0.15) is 0 Å². The Labute approximate surface area is 559 Å². The smallest absolute Gasteiger partial charge is 0.405 e. The van der Waals surface area contributed by atoms with Crippen LogP contribution in [0.15, 0.2) is 153 Å². The summed E-state index contributed by atoms with van der Waals surface area (Å²) in [5, 5.41) is 27.9. The highest BCUT2D eigenvalue weighted by molar-refractivity contribution is 6.40. The molecule has 6 rings (SSSR count). The van der Waals surface area contributed by atoms with Crippen molar-refractivity contribution in [1.29, 1.82) is 0 Å². The van der Waals surface area contributed by atoms with E-state index in [9.17, 15) is 57.4 Å². The van der Waals surface area contributed by atoms with Crippen molar-refractivity contribution in [2.45, 2.75) is 180 Å². The summed E-state index contributed by atoms with van der Waals surface area (Å²) in [6.07, 6.45) is 13.6. The molecule has 0 saturated carbocycles. The number of carbonyl (C=O) groups is 8. The Morgan fingerprint density at radius 2 is 0.916 bits per heavy atom. The minimum Gasteiger partial charge on any atom is -0.441 e. The molecule has 0 spiro atoms. The maximum absolute atomic E-state index is 14.3. The molecular weight excluding hydrogens is 1210 g/mol. The summed E-state index contributed by atoms with van der Waals surface area (Å²) in [6, 6.07) is 10.5. The molecule has 516 valence electrons. The molecule has 2 heterocycles. The van der Waals surface area contributed by atoms with Crippen LogP contribution >= 0.6 is 0 Å². The molecule has 4 aliphatic rings. The van der Waals surface area contributed by atoms with Crippen LogP contribution in [0.5, 0.6) is 0 Å². The molecule has 4 bridgehead atoms. The first-order valence-corrected chi connectivity index (χ1v) is 33.0. The molecule has 2 aromatic rings. The van der Waals surface area contributed by atoms with E-state index in [1.165, 1.54) is 48.5 Å². The number of halogens is 2. The molecular formula is C76H101F2N5O12. The number of amides is 4. The van der Waals surface area contributed by atoms with Crippen molar-refractivity contribution in [1.82, 2.24) is 10.6 Å². The highest BCUT2D eigenvalue weighted by Crippen LogP contribution is 2.39. The summed E-state index contributed by atoms with van der Waals surface area (Å²) in [4.78, 5) is 107. The van der Waals surface area contributed by atoms with E-state index in [-0.39, 0.29) is 105 Å². The number of nitrogens with two attached hydrogens (primary N) is 3. The van der Waals surface area contributed by atoms with Gasteiger partial charge in [-0.25, -0.2) is 18.4 Å². The minimum atomic E-state index is -0.928. The fourth-order valence-electron chi connectivity index (χ4n) is 12.5. The summed E-state index contributed by atoms with van der Waals surface area (Å²) in [6.45, 7) is 28.5. The largest absolute Gasteiger partial charge is 0.441 e. The zero-order valence-electron chi connectivity index (χ0n) is 58.0. The highest BCUT2D eigenvalue weighted by atomic mass is 19.1. The maximum Gasteiger partial charge on any atom is 0.405 e. The Morgan fingerprint density at radius 3 is 1.28 bits per heavy atom. The Kier molecular flexibility index (Phi) is 31.0. The highest BCUT2D eigenvalue weighted by Gasteiger charge is 2.39. The third-order valence-electron chi connectivity index (χ3n) is 17.7. The van der Waals surface area contributed by atoms with Gasteiger partial charge in [-0.15, -0.1) is 0 Å². The second kappa shape index (κ2) is 37.1. The zero-order chi connectivity index (χ0) is 71.3. The number of aliphatic hydroxyl groups is 2. The van der Waals surface area contributed by atoms with Gasteiger partial charge >= 0.3 is 12.2 Å². The molecule has 2 aromatic carbocycles. The van der Waals surface area contributed by atoms with Crippen molar-refractivity contribution in [3.05, 3.63) is 176 Å². The van der Waals surface area contributed by atoms with Crippen molar-refractivity contribution in [2.24, 2.45) is 64.5 Å². The first kappa shape index (κ1) is 79.2. The number of hydrogen-bond acceptors (Lipinski definition) is 13. The fourth-order valence-corrected chi connectivity index (χ4v) is 12.5. The molecule has 0 aromatic heterocycles. The van der Waals surface area contributed by atoms with E-state index in [2.05, 4.69) is 17.6 Å². The average Bonchev–Trinajstić information content (AvgIpc) is 0.818. The molecule has 2 aliphatic heterocycles. The quantitative estimate of drug-likeness (QED) is 0.0957. The lowest BCUT2D eigenvalue weighted by molar-refractivity contribution is -0.120. The van der Waals surface area contributed by atoms with Gasteiger partial charge in [-0.3, -0.25) is 28.8 Å². The maximum atomic E-state index is 14.3. The van der Waals surface area contributed by atoms with E-state index < -0.39 is 77.4 Å². The summed E-state index contributed by atoms with van der Waals surface area (Å²) >= 11 is 0. The second-order valence-electron chi connectivity index (χ2n) is 26.2. The number of ether oxygens (including phenoxy) is 2. The SMILES string of the molecule is CC1=C2C[C@@H](C)C[C@H](C)[C@H](O)[C@@H](C)/C=C(\C)[C@H](OC(N)=O)[C@@H](C)/C=C\C=C(/C)C(=O)NC(=C(c3ccc(F)cc3)C1=O)C2=O.CCCCC1=C2C[C@@H](C)C[C@H](C)[C@H](O)[C@@H](C)/C=C(\C)[C@H](OC(N)=O)[C@@H](C)/C=C\C=C(/C)C(=O)NC(=C(c3ccc(F)cc3)C1=O)C2=O.CCCN. The van der Waals surface area contributed by atoms with E-state index >= 15 is 0 Å². The molecule has 4 amide bonds. The van der Waals surface area contributed by atoms with Gasteiger partial charge in [-0.05, 0) is 156 Å². The van der Waals surface area contributed by atoms with E-state index in [1.807, 2.05) is 88.3 Å². The third-order valence-corrected chi connectivity index (χ3v) is 17.7. The van der Waals surface area contributed by atoms with Crippen LogP contribution < -0.4 is 27.8 Å². The van der Waals surface area contributed by atoms with Crippen LogP contribution in [0, 0.1) is 59.0 Å². The first-order chi connectivity index (χ1) is 44.7. The second-order valence-corrected chi connectivity index (χ2v) is 26.2. The molecule has 17 nitrogen and oxygen atoms in total. The average molecular weight is 1310 g/mol. The molecule has 0 unspecified atom stereocenters. The number of hydrogen-bond donors (Lipinski definition) is 7. The number of allylic oxidation sites excluding steroid dienone is 10. The van der Waals surface area contributed by atoms with Crippen LogP contribution in [-0.4, -0.2) is 88.3 Å². The predicted molar refractivity (Wildman–Crippen MR) is 368 cm³/mol. The topological polar surface area (TPSA) is 298 Å². The Hall–Kier alpha value is -8.26. The van der Waals surface area contributed by atoms with E-state index in [1.54, 1.807) is 57.2 Å². The summed E-state index contributed by atoms with van der Waals surface area (Å²) in [7, 11) is 0. The number of benzene rings is 2. The Morgan fingerprint density at radius 1 is 0.547 bits per heavy atom. The normalized spacial score (nSPS) is 29.5. The summed E-state index contributed by atoms with van der Waals surface area (Å²) < 4.78 is 38.5. The lowest BCUT2D eigenvalue weighted by atomic mass is 9.77. The lowest BCUT2D eigenvalue weighted by Crippen LogP contribution is -2.35. The molecule has 19 heteroatoms. The van der Waals surface area contributed by atoms with Crippen LogP contribution in [0.1, 0.15) is 166 Å². The molecule has 2 aliphatic carbocycles. The molecule has 12 atom stereocenters. The van der Waals surface area contributed by atoms with Crippen LogP contribution in [0.2, 0.25) is 0 Å². The van der Waals surface area contributed by atoms with E-state index in [0.717, 1.165) is 30.5 Å². The van der Waals surface area contributed by atoms with Gasteiger partial charge in [0.25, 0.3) is 11.8 Å².